The molecule has 0 bridgehead atoms. The van der Waals surface area contributed by atoms with Gasteiger partial charge in [0.25, 0.3) is 0 Å². The van der Waals surface area contributed by atoms with Gasteiger partial charge in [0.1, 0.15) is 0 Å². The molecule has 1 aromatic carbocycles. The molecule has 2 rings (SSSR count). The van der Waals surface area contributed by atoms with E-state index in [4.69, 9.17) is 5.11 Å². The number of hydrogen-bond donors (Lipinski definition) is 2. The summed E-state index contributed by atoms with van der Waals surface area (Å²) < 4.78 is 0. The molecule has 0 aliphatic carbocycles. The van der Waals surface area contributed by atoms with Gasteiger partial charge in [-0.25, -0.2) is 0 Å². The molecule has 0 aromatic heterocycles. The minimum atomic E-state index is -0.580. The van der Waals surface area contributed by atoms with Crippen LogP contribution >= 0.6 is 11.8 Å². The van der Waals surface area contributed by atoms with Gasteiger partial charge in [0, 0.05) is 30.3 Å². The number of para-hydroxylation sites is 1. The fourth-order valence-electron chi connectivity index (χ4n) is 2.29. The van der Waals surface area contributed by atoms with Crippen molar-refractivity contribution in [2.24, 2.45) is 0 Å². The molecule has 1 heterocycles. The van der Waals surface area contributed by atoms with Crippen molar-refractivity contribution in [2.75, 3.05) is 36.1 Å². The van der Waals surface area contributed by atoms with Crippen LogP contribution in [0.5, 0.6) is 0 Å². The number of aliphatic hydroxyl groups excluding tert-OH is 2. The lowest BCUT2D eigenvalue weighted by molar-refractivity contribution is 0.113. The summed E-state index contributed by atoms with van der Waals surface area (Å²) in [5.41, 5.74) is 2.82. The van der Waals surface area contributed by atoms with E-state index in [0.29, 0.717) is 5.75 Å². The Morgan fingerprint density at radius 3 is 3.00 bits per heavy atom. The summed E-state index contributed by atoms with van der Waals surface area (Å²) in [5.74, 6) is 1.61. The maximum absolute atomic E-state index is 9.27. The zero-order chi connectivity index (χ0) is 12.8. The molecule has 1 aliphatic rings. The minimum Gasteiger partial charge on any atom is -0.394 e. The Labute approximate surface area is 113 Å². The summed E-state index contributed by atoms with van der Waals surface area (Å²) in [7, 11) is 0. The summed E-state index contributed by atoms with van der Waals surface area (Å²) in [6, 6.07) is 8.61. The molecule has 0 saturated carbocycles. The zero-order valence-corrected chi connectivity index (χ0v) is 11.4. The molecule has 3 nitrogen and oxygen atoms in total. The van der Waals surface area contributed by atoms with Gasteiger partial charge in [-0.2, -0.15) is 11.8 Å². The first-order valence-corrected chi connectivity index (χ1v) is 7.66. The van der Waals surface area contributed by atoms with Crippen molar-refractivity contribution in [1.29, 1.82) is 0 Å². The Balaban J connectivity index is 1.81. The highest BCUT2D eigenvalue weighted by Crippen LogP contribution is 2.26. The summed E-state index contributed by atoms with van der Waals surface area (Å²) >= 11 is 1.70. The molecule has 4 heteroatoms. The summed E-state index contributed by atoms with van der Waals surface area (Å²) in [5, 5.41) is 18.0. The Morgan fingerprint density at radius 1 is 1.33 bits per heavy atom. The highest BCUT2D eigenvalue weighted by Gasteiger charge is 2.15. The highest BCUT2D eigenvalue weighted by atomic mass is 32.2. The van der Waals surface area contributed by atoms with Crippen LogP contribution in [-0.2, 0) is 6.42 Å². The third-order valence-electron chi connectivity index (χ3n) is 3.23. The number of rotatable bonds is 6. The van der Waals surface area contributed by atoms with Crippen molar-refractivity contribution in [2.45, 2.75) is 18.9 Å². The second-order valence-electron chi connectivity index (χ2n) is 4.63. The predicted octanol–water partition coefficient (Wildman–Crippen LogP) is 1.53. The molecule has 0 fully saturated rings. The van der Waals surface area contributed by atoms with Gasteiger partial charge in [-0.1, -0.05) is 18.2 Å². The Morgan fingerprint density at radius 2 is 2.17 bits per heavy atom. The lowest BCUT2D eigenvalue weighted by Crippen LogP contribution is -2.31. The van der Waals surface area contributed by atoms with Gasteiger partial charge >= 0.3 is 0 Å². The van der Waals surface area contributed by atoms with Gasteiger partial charge in [0.05, 0.1) is 12.7 Å². The third kappa shape index (κ3) is 3.64. The van der Waals surface area contributed by atoms with Crippen molar-refractivity contribution in [3.05, 3.63) is 29.8 Å². The van der Waals surface area contributed by atoms with Crippen LogP contribution in [0.1, 0.15) is 12.0 Å². The van der Waals surface area contributed by atoms with E-state index < -0.39 is 6.10 Å². The number of aryl methyl sites for hydroxylation is 1. The van der Waals surface area contributed by atoms with Gasteiger partial charge in [-0.3, -0.25) is 0 Å². The largest absolute Gasteiger partial charge is 0.394 e. The van der Waals surface area contributed by atoms with E-state index in [0.717, 1.165) is 18.8 Å². The first-order chi connectivity index (χ1) is 8.81. The zero-order valence-electron chi connectivity index (χ0n) is 10.6. The van der Waals surface area contributed by atoms with Crippen LogP contribution in [0.15, 0.2) is 24.3 Å². The first-order valence-electron chi connectivity index (χ1n) is 6.51. The molecule has 1 aromatic rings. The van der Waals surface area contributed by atoms with Crippen LogP contribution in [0.3, 0.4) is 0 Å². The number of aliphatic hydroxyl groups is 2. The van der Waals surface area contributed by atoms with Gasteiger partial charge in [0.2, 0.25) is 0 Å². The standard InChI is InChI=1S/C14H21NO2S/c16-10-13(17)11-18-9-8-15-7-3-5-12-4-1-2-6-14(12)15/h1-2,4,6,13,16-17H,3,5,7-11H2/t13-/m0/s1. The summed E-state index contributed by atoms with van der Waals surface area (Å²) in [6.07, 6.45) is 1.83. The van der Waals surface area contributed by atoms with E-state index >= 15 is 0 Å². The number of nitrogens with zero attached hydrogens (tertiary/aromatic N) is 1. The highest BCUT2D eigenvalue weighted by molar-refractivity contribution is 7.99. The number of fused-ring (bicyclic) bond motifs is 1. The molecule has 18 heavy (non-hydrogen) atoms. The van der Waals surface area contributed by atoms with Crippen molar-refractivity contribution >= 4 is 17.4 Å². The normalized spacial score (nSPS) is 16.4. The van der Waals surface area contributed by atoms with Crippen LogP contribution < -0.4 is 4.90 Å². The fraction of sp³-hybridized carbons (Fsp3) is 0.571. The number of benzene rings is 1. The molecule has 100 valence electrons. The van der Waals surface area contributed by atoms with E-state index in [9.17, 15) is 5.11 Å². The average Bonchev–Trinajstić information content (AvgIpc) is 2.43. The first kappa shape index (κ1) is 13.7. The molecule has 0 spiro atoms. The lowest BCUT2D eigenvalue weighted by atomic mass is 10.0. The quantitative estimate of drug-likeness (QED) is 0.767. The smallest absolute Gasteiger partial charge is 0.0861 e. The molecule has 0 saturated heterocycles. The molecule has 1 aliphatic heterocycles. The Hall–Kier alpha value is -0.710. The van der Waals surface area contributed by atoms with Crippen LogP contribution in [0.25, 0.3) is 0 Å². The van der Waals surface area contributed by atoms with Crippen molar-refractivity contribution in [3.8, 4) is 0 Å². The number of hydrogen-bond acceptors (Lipinski definition) is 4. The number of thioether (sulfide) groups is 1. The summed E-state index contributed by atoms with van der Waals surface area (Å²) in [4.78, 5) is 2.43. The van der Waals surface area contributed by atoms with Crippen LogP contribution in [-0.4, -0.2) is 47.5 Å². The molecule has 0 amide bonds. The van der Waals surface area contributed by atoms with Crippen LogP contribution in [0, 0.1) is 0 Å². The fourth-order valence-corrected chi connectivity index (χ4v) is 3.18. The SMILES string of the molecule is OC[C@H](O)CSCCN1CCCc2ccccc21. The third-order valence-corrected chi connectivity index (χ3v) is 4.32. The van der Waals surface area contributed by atoms with Gasteiger partial charge in [-0.15, -0.1) is 0 Å². The lowest BCUT2D eigenvalue weighted by Gasteiger charge is -2.31. The monoisotopic (exact) mass is 267 g/mol. The van der Waals surface area contributed by atoms with E-state index in [1.165, 1.54) is 24.1 Å². The summed E-state index contributed by atoms with van der Waals surface area (Å²) in [6.45, 7) is 2.00. The van der Waals surface area contributed by atoms with Crippen LogP contribution in [0.2, 0.25) is 0 Å². The van der Waals surface area contributed by atoms with E-state index in [2.05, 4.69) is 29.2 Å². The topological polar surface area (TPSA) is 43.7 Å². The van der Waals surface area contributed by atoms with Crippen molar-refractivity contribution in [1.82, 2.24) is 0 Å². The van der Waals surface area contributed by atoms with Gasteiger partial charge < -0.3 is 15.1 Å². The Kier molecular flexibility index (Phi) is 5.35. The van der Waals surface area contributed by atoms with Crippen molar-refractivity contribution in [3.63, 3.8) is 0 Å². The Bertz CT molecular complexity index is 373. The molecule has 1 atom stereocenters. The van der Waals surface area contributed by atoms with E-state index in [1.807, 2.05) is 0 Å². The average molecular weight is 267 g/mol. The number of anilines is 1. The second kappa shape index (κ2) is 7.02. The van der Waals surface area contributed by atoms with E-state index in [-0.39, 0.29) is 6.61 Å². The van der Waals surface area contributed by atoms with Gasteiger partial charge in [0.15, 0.2) is 0 Å². The molecule has 0 unspecified atom stereocenters. The maximum Gasteiger partial charge on any atom is 0.0861 e. The molecule has 0 radical (unpaired) electrons. The van der Waals surface area contributed by atoms with E-state index in [1.54, 1.807) is 11.8 Å². The van der Waals surface area contributed by atoms with Gasteiger partial charge in [-0.05, 0) is 24.5 Å². The molecular weight excluding hydrogens is 246 g/mol. The molecular formula is C14H21NO2S. The second-order valence-corrected chi connectivity index (χ2v) is 5.78. The van der Waals surface area contributed by atoms with Crippen molar-refractivity contribution < 1.29 is 10.2 Å². The minimum absolute atomic E-state index is 0.139. The van der Waals surface area contributed by atoms with Crippen LogP contribution in [0.4, 0.5) is 5.69 Å². The maximum atomic E-state index is 9.27. The molecule has 2 N–H and O–H groups in total. The predicted molar refractivity (Wildman–Crippen MR) is 77.4 cm³/mol.